The van der Waals surface area contributed by atoms with E-state index < -0.39 is 10.0 Å². The molecular weight excluding hydrogens is 314 g/mol. The Bertz CT molecular complexity index is 548. The van der Waals surface area contributed by atoms with Gasteiger partial charge in [0.05, 0.1) is 4.90 Å². The van der Waals surface area contributed by atoms with Crippen molar-refractivity contribution in [3.8, 4) is 0 Å². The normalized spacial score (nSPS) is 17.9. The summed E-state index contributed by atoms with van der Waals surface area (Å²) in [6.07, 6.45) is 3.05. The molecule has 0 unspecified atom stereocenters. The molecule has 1 aromatic rings. The number of piperidine rings is 1. The van der Waals surface area contributed by atoms with E-state index in [4.69, 9.17) is 0 Å². The van der Waals surface area contributed by atoms with E-state index in [-0.39, 0.29) is 0 Å². The molecule has 1 fully saturated rings. The number of aryl methyl sites for hydroxylation is 2. The average molecular weight is 332 g/mol. The van der Waals surface area contributed by atoms with Crippen LogP contribution in [0.15, 0.2) is 21.5 Å². The maximum absolute atomic E-state index is 12.6. The summed E-state index contributed by atoms with van der Waals surface area (Å²) in [6.45, 7) is 5.21. The summed E-state index contributed by atoms with van der Waals surface area (Å²) in [6, 6.07) is 3.65. The minimum atomic E-state index is -3.35. The maximum atomic E-state index is 12.6. The Hall–Kier alpha value is -0.390. The third-order valence-corrected chi connectivity index (χ3v) is 6.34. The van der Waals surface area contributed by atoms with Gasteiger partial charge in [-0.2, -0.15) is 4.31 Å². The monoisotopic (exact) mass is 331 g/mol. The molecule has 0 spiro atoms. The van der Waals surface area contributed by atoms with Crippen molar-refractivity contribution in [3.63, 3.8) is 0 Å². The van der Waals surface area contributed by atoms with E-state index in [9.17, 15) is 8.42 Å². The van der Waals surface area contributed by atoms with Crippen LogP contribution in [0.5, 0.6) is 0 Å². The zero-order valence-electron chi connectivity index (χ0n) is 10.7. The third-order valence-electron chi connectivity index (χ3n) is 3.48. The van der Waals surface area contributed by atoms with Crippen LogP contribution in [-0.2, 0) is 10.0 Å². The van der Waals surface area contributed by atoms with E-state index in [0.29, 0.717) is 22.5 Å². The van der Waals surface area contributed by atoms with Crippen molar-refractivity contribution in [2.45, 2.75) is 38.0 Å². The second-order valence-electron chi connectivity index (χ2n) is 4.83. The largest absolute Gasteiger partial charge is 0.244 e. The molecule has 1 aliphatic rings. The van der Waals surface area contributed by atoms with Crippen molar-refractivity contribution in [2.75, 3.05) is 13.1 Å². The van der Waals surface area contributed by atoms with Gasteiger partial charge in [0, 0.05) is 17.6 Å². The summed E-state index contributed by atoms with van der Waals surface area (Å²) in [4.78, 5) is 0.396. The highest BCUT2D eigenvalue weighted by Crippen LogP contribution is 2.29. The van der Waals surface area contributed by atoms with Gasteiger partial charge in [0.15, 0.2) is 0 Å². The van der Waals surface area contributed by atoms with Crippen LogP contribution in [-0.4, -0.2) is 25.8 Å². The summed E-state index contributed by atoms with van der Waals surface area (Å²) in [5.41, 5.74) is 2.10. The van der Waals surface area contributed by atoms with Crippen LogP contribution in [0.4, 0.5) is 0 Å². The van der Waals surface area contributed by atoms with E-state index in [2.05, 4.69) is 15.9 Å². The number of hydrogen-bond donors (Lipinski definition) is 0. The van der Waals surface area contributed by atoms with Crippen LogP contribution in [0.3, 0.4) is 0 Å². The summed E-state index contributed by atoms with van der Waals surface area (Å²) in [5, 5.41) is 0. The van der Waals surface area contributed by atoms with Gasteiger partial charge >= 0.3 is 0 Å². The van der Waals surface area contributed by atoms with E-state index in [1.165, 1.54) is 0 Å². The molecule has 2 rings (SSSR count). The first-order valence-corrected chi connectivity index (χ1v) is 8.43. The Balaban J connectivity index is 2.43. The second kappa shape index (κ2) is 5.31. The Morgan fingerprint density at radius 1 is 1.06 bits per heavy atom. The molecule has 18 heavy (non-hydrogen) atoms. The maximum Gasteiger partial charge on any atom is 0.244 e. The van der Waals surface area contributed by atoms with E-state index >= 15 is 0 Å². The van der Waals surface area contributed by atoms with Crippen LogP contribution in [0.2, 0.25) is 0 Å². The number of hydrogen-bond acceptors (Lipinski definition) is 2. The highest BCUT2D eigenvalue weighted by molar-refractivity contribution is 9.10. The van der Waals surface area contributed by atoms with Gasteiger partial charge in [0.1, 0.15) is 0 Å². The molecule has 100 valence electrons. The molecule has 1 heterocycles. The van der Waals surface area contributed by atoms with E-state index in [1.807, 2.05) is 19.9 Å². The predicted octanol–water partition coefficient (Wildman–Crippen LogP) is 3.24. The lowest BCUT2D eigenvalue weighted by Crippen LogP contribution is -2.35. The quantitative estimate of drug-likeness (QED) is 0.834. The Morgan fingerprint density at radius 2 is 1.61 bits per heavy atom. The molecule has 5 heteroatoms. The first-order valence-electron chi connectivity index (χ1n) is 6.20. The van der Waals surface area contributed by atoms with Crippen LogP contribution in [0.25, 0.3) is 0 Å². The summed E-state index contributed by atoms with van der Waals surface area (Å²) >= 11 is 3.38. The van der Waals surface area contributed by atoms with Gasteiger partial charge in [-0.1, -0.05) is 6.42 Å². The fraction of sp³-hybridized carbons (Fsp3) is 0.538. The lowest BCUT2D eigenvalue weighted by Gasteiger charge is -2.26. The molecule has 0 aromatic heterocycles. The number of nitrogens with zero attached hydrogens (tertiary/aromatic N) is 1. The number of rotatable bonds is 2. The average Bonchev–Trinajstić information content (AvgIpc) is 2.34. The highest BCUT2D eigenvalue weighted by atomic mass is 79.9. The van der Waals surface area contributed by atoms with Gasteiger partial charge in [-0.05, 0) is 65.9 Å². The Kier molecular flexibility index (Phi) is 4.14. The minimum absolute atomic E-state index is 0.396. The number of sulfonamides is 1. The van der Waals surface area contributed by atoms with Crippen LogP contribution < -0.4 is 0 Å². The molecule has 0 saturated carbocycles. The minimum Gasteiger partial charge on any atom is -0.207 e. The highest BCUT2D eigenvalue weighted by Gasteiger charge is 2.28. The van der Waals surface area contributed by atoms with Crippen LogP contribution >= 0.6 is 15.9 Å². The van der Waals surface area contributed by atoms with Crippen molar-refractivity contribution < 1.29 is 8.42 Å². The van der Waals surface area contributed by atoms with Gasteiger partial charge < -0.3 is 0 Å². The Morgan fingerprint density at radius 3 is 2.22 bits per heavy atom. The second-order valence-corrected chi connectivity index (χ2v) is 7.59. The van der Waals surface area contributed by atoms with Crippen molar-refractivity contribution in [1.29, 1.82) is 0 Å². The smallest absolute Gasteiger partial charge is 0.207 e. The molecule has 0 aliphatic carbocycles. The van der Waals surface area contributed by atoms with Gasteiger partial charge in [0.25, 0.3) is 0 Å². The fourth-order valence-corrected chi connectivity index (χ4v) is 4.92. The number of benzene rings is 1. The van der Waals surface area contributed by atoms with Crippen molar-refractivity contribution in [1.82, 2.24) is 4.31 Å². The molecule has 1 aromatic carbocycles. The SMILES string of the molecule is Cc1cc(Br)c(S(=O)(=O)N2CCCCC2)cc1C. The van der Waals surface area contributed by atoms with Crippen LogP contribution in [0.1, 0.15) is 30.4 Å². The number of halogens is 1. The molecule has 0 N–H and O–H groups in total. The zero-order valence-corrected chi connectivity index (χ0v) is 13.1. The Labute approximate surface area is 117 Å². The van der Waals surface area contributed by atoms with Gasteiger partial charge in [-0.15, -0.1) is 0 Å². The summed E-state index contributed by atoms with van der Waals surface area (Å²) in [7, 11) is -3.35. The van der Waals surface area contributed by atoms with Crippen molar-refractivity contribution >= 4 is 26.0 Å². The molecule has 0 bridgehead atoms. The van der Waals surface area contributed by atoms with Gasteiger partial charge in [-0.3, -0.25) is 0 Å². The van der Waals surface area contributed by atoms with Crippen molar-refractivity contribution in [3.05, 3.63) is 27.7 Å². The third kappa shape index (κ3) is 2.63. The predicted molar refractivity (Wildman–Crippen MR) is 76.2 cm³/mol. The molecule has 3 nitrogen and oxygen atoms in total. The lowest BCUT2D eigenvalue weighted by molar-refractivity contribution is 0.346. The molecule has 0 amide bonds. The molecule has 0 radical (unpaired) electrons. The standard InChI is InChI=1S/C13H18BrNO2S/c1-10-8-12(14)13(9-11(10)2)18(16,17)15-6-4-3-5-7-15/h8-9H,3-7H2,1-2H3. The van der Waals surface area contributed by atoms with E-state index in [0.717, 1.165) is 30.4 Å². The molecular formula is C13H18BrNO2S. The van der Waals surface area contributed by atoms with Crippen LogP contribution in [0, 0.1) is 13.8 Å². The topological polar surface area (TPSA) is 37.4 Å². The molecule has 0 atom stereocenters. The molecule has 1 saturated heterocycles. The fourth-order valence-electron chi connectivity index (χ4n) is 2.20. The molecule has 1 aliphatic heterocycles. The summed E-state index contributed by atoms with van der Waals surface area (Å²) < 4.78 is 27.4. The van der Waals surface area contributed by atoms with Crippen molar-refractivity contribution in [2.24, 2.45) is 0 Å². The lowest BCUT2D eigenvalue weighted by atomic mass is 10.1. The van der Waals surface area contributed by atoms with Gasteiger partial charge in [0.2, 0.25) is 10.0 Å². The zero-order chi connectivity index (χ0) is 13.3. The first kappa shape index (κ1) is 14.0. The van der Waals surface area contributed by atoms with E-state index in [1.54, 1.807) is 10.4 Å². The van der Waals surface area contributed by atoms with Gasteiger partial charge in [-0.25, -0.2) is 8.42 Å². The first-order chi connectivity index (χ1) is 8.43. The summed E-state index contributed by atoms with van der Waals surface area (Å²) in [5.74, 6) is 0.